The Morgan fingerprint density at radius 3 is 1.38 bits per heavy atom. The van der Waals surface area contributed by atoms with Gasteiger partial charge in [0.2, 0.25) is 0 Å². The van der Waals surface area contributed by atoms with Gasteiger partial charge in [-0.1, -0.05) is 202 Å². The van der Waals surface area contributed by atoms with Crippen LogP contribution in [0.1, 0.15) is 141 Å². The van der Waals surface area contributed by atoms with Crippen molar-refractivity contribution in [3.05, 3.63) is 179 Å². The summed E-state index contributed by atoms with van der Waals surface area (Å²) in [5.41, 5.74) is 17.4. The Bertz CT molecular complexity index is 2650. The topological polar surface area (TPSA) is 0 Å². The third-order valence-corrected chi connectivity index (χ3v) is 14.8. The van der Waals surface area contributed by atoms with Gasteiger partial charge in [-0.3, -0.25) is 0 Å². The van der Waals surface area contributed by atoms with E-state index in [1.807, 2.05) is 6.07 Å². The SMILES string of the molecule is CCc1ccccc1-c1c(C(C)(C)C)ccc2[cH-]c(C(C)CC)cc12.CCc1ccccc1-c1c(C(C)(C)C)ccc2[cH-]c(C(C)CC)cc12.[Cl][Zr][Cl].[c-]1cccc2c1[Si]c1ccccc1-2. The molecule has 0 aliphatic carbocycles. The van der Waals surface area contributed by atoms with Gasteiger partial charge in [-0.2, -0.15) is 41.6 Å². The second kappa shape index (κ2) is 23.0. The van der Waals surface area contributed by atoms with Crippen LogP contribution in [0, 0.1) is 6.07 Å². The molecule has 1 heterocycles. The molecule has 0 N–H and O–H groups in total. The van der Waals surface area contributed by atoms with E-state index < -0.39 is 20.8 Å². The quantitative estimate of drug-likeness (QED) is 0.105. The Morgan fingerprint density at radius 2 is 0.955 bits per heavy atom. The predicted octanol–water partition coefficient (Wildman–Crippen LogP) is 17.7. The van der Waals surface area contributed by atoms with Gasteiger partial charge in [0.1, 0.15) is 0 Å². The van der Waals surface area contributed by atoms with Crippen molar-refractivity contribution in [3.8, 4) is 33.4 Å². The molecule has 1 aliphatic heterocycles. The Hall–Kier alpha value is -3.78. The van der Waals surface area contributed by atoms with Crippen LogP contribution in [0.3, 0.4) is 0 Å². The van der Waals surface area contributed by atoms with E-state index in [1.165, 1.54) is 112 Å². The molecule has 2 unspecified atom stereocenters. The molecule has 8 aromatic carbocycles. The van der Waals surface area contributed by atoms with E-state index in [4.69, 9.17) is 17.0 Å². The molecule has 0 bridgehead atoms. The summed E-state index contributed by atoms with van der Waals surface area (Å²) >= 11 is -0.826. The molecule has 2 radical (unpaired) electrons. The van der Waals surface area contributed by atoms with Crippen LogP contribution in [0.2, 0.25) is 0 Å². The molecule has 0 aromatic heterocycles. The molecule has 2 atom stereocenters. The fourth-order valence-corrected chi connectivity index (χ4v) is 10.7. The zero-order chi connectivity index (χ0) is 47.8. The Labute approximate surface area is 419 Å². The van der Waals surface area contributed by atoms with Crippen molar-refractivity contribution < 1.29 is 20.8 Å². The summed E-state index contributed by atoms with van der Waals surface area (Å²) in [5, 5.41) is 8.42. The third-order valence-electron chi connectivity index (χ3n) is 13.5. The van der Waals surface area contributed by atoms with Crippen molar-refractivity contribution in [2.75, 3.05) is 0 Å². The summed E-state index contributed by atoms with van der Waals surface area (Å²) in [5.74, 6) is 1.22. The van der Waals surface area contributed by atoms with Gasteiger partial charge in [0.05, 0.1) is 9.52 Å². The Kier molecular flexibility index (Phi) is 18.0. The van der Waals surface area contributed by atoms with Crippen LogP contribution in [0.25, 0.3) is 54.9 Å². The minimum absolute atomic E-state index is 0.123. The molecule has 0 fully saturated rings. The monoisotopic (exact) mass is 1000 g/mol. The number of aryl methyl sites for hydroxylation is 2. The summed E-state index contributed by atoms with van der Waals surface area (Å²) in [7, 11) is 10.7. The molecule has 4 heteroatoms. The number of benzene rings is 6. The maximum Gasteiger partial charge on any atom is 0.0920 e. The molecule has 8 aromatic rings. The molecule has 342 valence electrons. The summed E-state index contributed by atoms with van der Waals surface area (Å²) in [6.07, 6.45) is 4.50. The first-order valence-electron chi connectivity index (χ1n) is 24.1. The molecular weight excluding hydrogens is 935 g/mol. The molecule has 66 heavy (non-hydrogen) atoms. The largest absolute Gasteiger partial charge is 0.184 e. The second-order valence-electron chi connectivity index (χ2n) is 19.9. The molecule has 9 rings (SSSR count). The van der Waals surface area contributed by atoms with Gasteiger partial charge in [-0.15, -0.1) is 74.6 Å². The number of hydrogen-bond donors (Lipinski definition) is 0. The fraction of sp³-hybridized carbons (Fsp3) is 0.323. The maximum atomic E-state index is 4.93. The van der Waals surface area contributed by atoms with Crippen molar-refractivity contribution >= 4 is 58.5 Å². The standard InChI is InChI=1S/2C25H31.C12H7Si.2ClH.Zr/c2*1-7-17(3)20-15-19-13-14-23(25(4,5)6)24(22(19)16-20)21-12-10-9-11-18(21)8-2;1-3-7-11-9(5-1)10-6-2-4-8-12(10)13-11;;;/h2*9-17H,7-8H2,1-6H3;1-7H;2*1H;/q3*-1;;;+2/p-2. The van der Waals surface area contributed by atoms with Crippen LogP contribution >= 0.6 is 17.0 Å². The Morgan fingerprint density at radius 1 is 0.545 bits per heavy atom. The van der Waals surface area contributed by atoms with Gasteiger partial charge in [0.15, 0.2) is 0 Å². The second-order valence-corrected chi connectivity index (χ2v) is 24.9. The first kappa shape index (κ1) is 51.6. The zero-order valence-electron chi connectivity index (χ0n) is 41.5. The van der Waals surface area contributed by atoms with Gasteiger partial charge in [0, 0.05) is 0 Å². The molecule has 0 saturated heterocycles. The summed E-state index contributed by atoms with van der Waals surface area (Å²) < 4.78 is 0. The van der Waals surface area contributed by atoms with Crippen molar-refractivity contribution in [2.24, 2.45) is 0 Å². The molecule has 0 nitrogen and oxygen atoms in total. The number of fused-ring (bicyclic) bond motifs is 5. The van der Waals surface area contributed by atoms with Crippen LogP contribution in [-0.2, 0) is 44.5 Å². The Balaban J connectivity index is 0.000000166. The van der Waals surface area contributed by atoms with Gasteiger partial charge in [-0.25, -0.2) is 0 Å². The first-order valence-corrected chi connectivity index (χ1v) is 31.4. The van der Waals surface area contributed by atoms with Crippen molar-refractivity contribution in [1.82, 2.24) is 0 Å². The molecule has 0 spiro atoms. The third kappa shape index (κ3) is 11.7. The van der Waals surface area contributed by atoms with E-state index in [2.05, 4.69) is 223 Å². The van der Waals surface area contributed by atoms with Crippen LogP contribution in [0.15, 0.2) is 140 Å². The van der Waals surface area contributed by atoms with Crippen LogP contribution < -0.4 is 10.4 Å². The summed E-state index contributed by atoms with van der Waals surface area (Å²) in [6, 6.07) is 55.0. The predicted molar refractivity (Wildman–Crippen MR) is 291 cm³/mol. The van der Waals surface area contributed by atoms with Crippen LogP contribution in [0.4, 0.5) is 0 Å². The molecule has 1 aliphatic rings. The number of hydrogen-bond acceptors (Lipinski definition) is 0. The van der Waals surface area contributed by atoms with E-state index in [-0.39, 0.29) is 10.8 Å². The molecule has 0 saturated carbocycles. The van der Waals surface area contributed by atoms with E-state index >= 15 is 0 Å². The average molecular weight is 1000 g/mol. The fourth-order valence-electron chi connectivity index (χ4n) is 9.35. The average Bonchev–Trinajstić information content (AvgIpc) is 4.06. The summed E-state index contributed by atoms with van der Waals surface area (Å²) in [4.78, 5) is 0. The minimum atomic E-state index is -0.826. The molecular formula is C62H69Cl2SiZr-3. The van der Waals surface area contributed by atoms with Crippen molar-refractivity contribution in [3.63, 3.8) is 0 Å². The van der Waals surface area contributed by atoms with Gasteiger partial charge >= 0.3 is 37.9 Å². The maximum absolute atomic E-state index is 4.93. The van der Waals surface area contributed by atoms with Crippen molar-refractivity contribution in [2.45, 2.75) is 131 Å². The van der Waals surface area contributed by atoms with Gasteiger partial charge < -0.3 is 0 Å². The van der Waals surface area contributed by atoms with Crippen molar-refractivity contribution in [1.29, 1.82) is 0 Å². The minimum Gasteiger partial charge on any atom is -0.184 e. The van der Waals surface area contributed by atoms with E-state index in [9.17, 15) is 0 Å². The normalized spacial score (nSPS) is 12.8. The number of halogens is 2. The van der Waals surface area contributed by atoms with E-state index in [0.29, 0.717) is 11.8 Å². The van der Waals surface area contributed by atoms with Gasteiger partial charge in [-0.05, 0) is 57.8 Å². The smallest absolute Gasteiger partial charge is 0.0920 e. The summed E-state index contributed by atoms with van der Waals surface area (Å²) in [6.45, 7) is 27.7. The van der Waals surface area contributed by atoms with E-state index in [1.54, 1.807) is 0 Å². The van der Waals surface area contributed by atoms with E-state index in [0.717, 1.165) is 22.4 Å². The molecule has 0 amide bonds. The zero-order valence-corrected chi connectivity index (χ0v) is 46.5. The number of rotatable bonds is 8. The van der Waals surface area contributed by atoms with Crippen LogP contribution in [0.5, 0.6) is 0 Å². The van der Waals surface area contributed by atoms with Gasteiger partial charge in [0.25, 0.3) is 0 Å². The first-order chi connectivity index (χ1) is 31.6. The van der Waals surface area contributed by atoms with Crippen LogP contribution in [-0.4, -0.2) is 9.52 Å².